The Labute approximate surface area is 546 Å². The molecule has 1 aliphatic rings. The number of amides is 1. The van der Waals surface area contributed by atoms with E-state index in [-0.39, 0.29) is 13.0 Å². The molecule has 1 saturated heterocycles. The van der Waals surface area contributed by atoms with Gasteiger partial charge in [0.2, 0.25) is 5.91 Å². The normalized spacial score (nSPS) is 18.6. The molecule has 8 atom stereocenters. The van der Waals surface area contributed by atoms with Gasteiger partial charge in [-0.25, -0.2) is 0 Å². The molecule has 1 amide bonds. The number of nitrogens with one attached hydrogen (secondary N) is 1. The Balaban J connectivity index is 2.53. The van der Waals surface area contributed by atoms with Gasteiger partial charge in [-0.3, -0.25) is 9.59 Å². The van der Waals surface area contributed by atoms with Crippen LogP contribution in [0.2, 0.25) is 0 Å². The zero-order chi connectivity index (χ0) is 64.6. The number of carbonyl (C=O) groups is 2. The summed E-state index contributed by atoms with van der Waals surface area (Å²) in [7, 11) is 0. The number of ether oxygens (including phenoxy) is 3. The molecule has 0 saturated carbocycles. The van der Waals surface area contributed by atoms with Gasteiger partial charge in [0.1, 0.15) is 24.4 Å². The van der Waals surface area contributed by atoms with E-state index in [9.17, 15) is 35.1 Å². The zero-order valence-corrected chi connectivity index (χ0v) is 57.5. The van der Waals surface area contributed by atoms with E-state index in [0.717, 1.165) is 116 Å². The second kappa shape index (κ2) is 64.9. The molecular weight excluding hydrogens is 1110 g/mol. The van der Waals surface area contributed by atoms with Crippen molar-refractivity contribution in [1.29, 1.82) is 0 Å². The van der Waals surface area contributed by atoms with Crippen LogP contribution < -0.4 is 5.32 Å². The Hall–Kier alpha value is -3.16. The van der Waals surface area contributed by atoms with Gasteiger partial charge in [-0.05, 0) is 77.0 Å². The fourth-order valence-corrected chi connectivity index (χ4v) is 11.5. The van der Waals surface area contributed by atoms with Crippen LogP contribution in [0.15, 0.2) is 85.1 Å². The van der Waals surface area contributed by atoms with Crippen molar-refractivity contribution in [2.45, 2.75) is 384 Å². The zero-order valence-electron chi connectivity index (χ0n) is 57.5. The maximum atomic E-state index is 13.5. The fraction of sp³-hybridized carbons (Fsp3) is 0.795. The molecule has 1 fully saturated rings. The standard InChI is InChI=1S/C78H139NO10/c1-4-7-10-13-16-19-22-24-26-28-30-32-34-36-38-40-42-44-46-48-51-54-57-60-63-66-73(83)89-76-75(85)74(84)72(67-80)88-78(76)87-68-69(70(81)64-61-58-55-52-49-21-18-15-12-9-6-3)79-77(86)71(82)65-62-59-56-53-50-47-45-43-41-39-37-35-33-31-29-27-25-23-20-17-14-11-8-5-2/h7,10,16,19,24,26,30,32,36,38,42,44,61,64,69-72,74-76,78,80-82,84-85H,4-6,8-9,11-15,17-18,20-23,25,27-29,31,33-35,37,39-41,43,45-60,62-63,65-68H2,1-3H3,(H,79,86)/b10-7-,19-16-,26-24-,32-30-,38-36-,44-42-,64-61+. The Morgan fingerprint density at radius 2 is 0.809 bits per heavy atom. The number of hydrogen-bond donors (Lipinski definition) is 6. The number of aliphatic hydroxyl groups excluding tert-OH is 5. The van der Waals surface area contributed by atoms with Crippen LogP contribution in [0.25, 0.3) is 0 Å². The van der Waals surface area contributed by atoms with Crippen LogP contribution in [-0.4, -0.2) is 99.6 Å². The fourth-order valence-electron chi connectivity index (χ4n) is 11.5. The predicted molar refractivity (Wildman–Crippen MR) is 375 cm³/mol. The largest absolute Gasteiger partial charge is 0.454 e. The molecule has 0 radical (unpaired) electrons. The number of esters is 1. The van der Waals surface area contributed by atoms with Gasteiger partial charge in [-0.15, -0.1) is 0 Å². The summed E-state index contributed by atoms with van der Waals surface area (Å²) in [5.41, 5.74) is 0. The van der Waals surface area contributed by atoms with Gasteiger partial charge in [0.15, 0.2) is 12.4 Å². The first kappa shape index (κ1) is 83.9. The smallest absolute Gasteiger partial charge is 0.306 e. The third-order valence-electron chi connectivity index (χ3n) is 17.3. The van der Waals surface area contributed by atoms with Gasteiger partial charge in [0.25, 0.3) is 0 Å². The molecule has 0 spiro atoms. The average Bonchev–Trinajstić information content (AvgIpc) is 3.71. The number of unbranched alkanes of at least 4 members (excludes halogenated alkanes) is 38. The summed E-state index contributed by atoms with van der Waals surface area (Å²) >= 11 is 0. The molecule has 0 aromatic carbocycles. The van der Waals surface area contributed by atoms with E-state index in [4.69, 9.17) is 14.2 Å². The number of hydrogen-bond acceptors (Lipinski definition) is 10. The highest BCUT2D eigenvalue weighted by Gasteiger charge is 2.47. The molecule has 516 valence electrons. The highest BCUT2D eigenvalue weighted by molar-refractivity contribution is 5.80. The molecule has 0 bridgehead atoms. The molecule has 89 heavy (non-hydrogen) atoms. The van der Waals surface area contributed by atoms with E-state index in [1.165, 1.54) is 173 Å². The van der Waals surface area contributed by atoms with Crippen molar-refractivity contribution < 1.29 is 49.3 Å². The maximum Gasteiger partial charge on any atom is 0.306 e. The second-order valence-corrected chi connectivity index (χ2v) is 25.7. The van der Waals surface area contributed by atoms with Crippen LogP contribution in [0.4, 0.5) is 0 Å². The lowest BCUT2D eigenvalue weighted by atomic mass is 9.99. The molecule has 11 heteroatoms. The van der Waals surface area contributed by atoms with Crippen molar-refractivity contribution in [2.75, 3.05) is 13.2 Å². The molecular formula is C78H139NO10. The van der Waals surface area contributed by atoms with Crippen molar-refractivity contribution >= 4 is 11.9 Å². The first-order valence-corrected chi connectivity index (χ1v) is 37.4. The summed E-state index contributed by atoms with van der Waals surface area (Å²) in [5.74, 6) is -1.20. The van der Waals surface area contributed by atoms with E-state index < -0.39 is 67.4 Å². The lowest BCUT2D eigenvalue weighted by Gasteiger charge is -2.41. The Morgan fingerprint density at radius 3 is 1.21 bits per heavy atom. The topological polar surface area (TPSA) is 175 Å². The Kier molecular flexibility index (Phi) is 61.2. The quantitative estimate of drug-likeness (QED) is 0.0195. The van der Waals surface area contributed by atoms with Crippen molar-refractivity contribution in [2.24, 2.45) is 0 Å². The Bertz CT molecular complexity index is 1780. The van der Waals surface area contributed by atoms with Crippen LogP contribution in [-0.2, 0) is 23.8 Å². The third kappa shape index (κ3) is 52.0. The predicted octanol–water partition coefficient (Wildman–Crippen LogP) is 19.6. The minimum atomic E-state index is -1.62. The second-order valence-electron chi connectivity index (χ2n) is 25.7. The molecule has 11 nitrogen and oxygen atoms in total. The minimum Gasteiger partial charge on any atom is -0.454 e. The number of allylic oxidation sites excluding steroid dienone is 13. The molecule has 0 aromatic heterocycles. The number of rotatable bonds is 64. The summed E-state index contributed by atoms with van der Waals surface area (Å²) in [5, 5.41) is 57.3. The van der Waals surface area contributed by atoms with E-state index in [1.54, 1.807) is 6.08 Å². The number of carbonyl (C=O) groups excluding carboxylic acids is 2. The SMILES string of the molecule is CC/C=C\C/C=C\C/C=C\C/C=C\C/C=C\C/C=C\CCCCCCCCC(=O)OC1C(OCC(NC(=O)C(O)CCCCCCCCCCCCCCCCCCCCCCCCCC)C(O)/C=C/CCCCCCCCCCC)OC(CO)C(O)C1O. The lowest BCUT2D eigenvalue weighted by Crippen LogP contribution is -2.61. The Morgan fingerprint density at radius 1 is 0.449 bits per heavy atom. The van der Waals surface area contributed by atoms with Gasteiger partial charge >= 0.3 is 5.97 Å². The maximum absolute atomic E-state index is 13.5. The molecule has 0 aromatic rings. The first-order valence-electron chi connectivity index (χ1n) is 37.4. The van der Waals surface area contributed by atoms with Crippen molar-refractivity contribution in [3.63, 3.8) is 0 Å². The van der Waals surface area contributed by atoms with Crippen molar-refractivity contribution in [3.05, 3.63) is 85.1 Å². The van der Waals surface area contributed by atoms with E-state index in [1.807, 2.05) is 6.08 Å². The van der Waals surface area contributed by atoms with E-state index in [2.05, 4.69) is 99.0 Å². The van der Waals surface area contributed by atoms with Gasteiger partial charge < -0.3 is 45.1 Å². The highest BCUT2D eigenvalue weighted by atomic mass is 16.7. The summed E-state index contributed by atoms with van der Waals surface area (Å²) in [4.78, 5) is 26.7. The van der Waals surface area contributed by atoms with E-state index in [0.29, 0.717) is 19.3 Å². The monoisotopic (exact) mass is 1250 g/mol. The summed E-state index contributed by atoms with van der Waals surface area (Å²) < 4.78 is 17.7. The molecule has 1 heterocycles. The van der Waals surface area contributed by atoms with Gasteiger partial charge in [-0.2, -0.15) is 0 Å². The molecule has 1 rings (SSSR count). The van der Waals surface area contributed by atoms with Crippen LogP contribution in [0.1, 0.15) is 335 Å². The minimum absolute atomic E-state index is 0.104. The van der Waals surface area contributed by atoms with Crippen LogP contribution in [0.5, 0.6) is 0 Å². The molecule has 1 aliphatic heterocycles. The summed E-state index contributed by atoms with van der Waals surface area (Å²) in [6.07, 6.45) is 76.3. The van der Waals surface area contributed by atoms with Crippen LogP contribution in [0, 0.1) is 0 Å². The van der Waals surface area contributed by atoms with Crippen molar-refractivity contribution in [1.82, 2.24) is 5.32 Å². The highest BCUT2D eigenvalue weighted by Crippen LogP contribution is 2.26. The summed E-state index contributed by atoms with van der Waals surface area (Å²) in [6.45, 7) is 5.71. The van der Waals surface area contributed by atoms with E-state index >= 15 is 0 Å². The summed E-state index contributed by atoms with van der Waals surface area (Å²) in [6, 6.07) is -1.03. The van der Waals surface area contributed by atoms with Gasteiger partial charge in [0, 0.05) is 6.42 Å². The molecule has 6 N–H and O–H groups in total. The lowest BCUT2D eigenvalue weighted by molar-refractivity contribution is -0.305. The number of aliphatic hydroxyl groups is 5. The van der Waals surface area contributed by atoms with Crippen molar-refractivity contribution in [3.8, 4) is 0 Å². The van der Waals surface area contributed by atoms with Gasteiger partial charge in [0.05, 0.1) is 25.4 Å². The molecule has 0 aliphatic carbocycles. The van der Waals surface area contributed by atoms with Gasteiger partial charge in [-0.1, -0.05) is 337 Å². The average molecular weight is 1250 g/mol. The van der Waals surface area contributed by atoms with Crippen LogP contribution in [0.3, 0.4) is 0 Å². The van der Waals surface area contributed by atoms with Crippen LogP contribution >= 0.6 is 0 Å². The third-order valence-corrected chi connectivity index (χ3v) is 17.3. The first-order chi connectivity index (χ1) is 43.7. The molecule has 8 unspecified atom stereocenters.